The molecule has 0 fully saturated rings. The first kappa shape index (κ1) is 15.7. The van der Waals surface area contributed by atoms with E-state index in [-0.39, 0.29) is 10.9 Å². The zero-order valence-electron chi connectivity index (χ0n) is 12.0. The van der Waals surface area contributed by atoms with Gasteiger partial charge >= 0.3 is 0 Å². The molecule has 0 aromatic heterocycles. The smallest absolute Gasteiger partial charge is 0.255 e. The molecule has 0 saturated carbocycles. The Morgan fingerprint density at radius 3 is 2.41 bits per heavy atom. The summed E-state index contributed by atoms with van der Waals surface area (Å²) >= 11 is 6.08. The van der Waals surface area contributed by atoms with Crippen LogP contribution < -0.4 is 14.8 Å². The third kappa shape index (κ3) is 3.30. The average Bonchev–Trinajstić information content (AvgIpc) is 2.54. The molecule has 0 aliphatic heterocycles. The van der Waals surface area contributed by atoms with Crippen molar-refractivity contribution < 1.29 is 14.3 Å². The summed E-state index contributed by atoms with van der Waals surface area (Å²) in [6.07, 6.45) is 0. The molecule has 0 radical (unpaired) electrons. The van der Waals surface area contributed by atoms with Crippen LogP contribution in [-0.4, -0.2) is 20.1 Å². The summed E-state index contributed by atoms with van der Waals surface area (Å²) < 4.78 is 10.3. The highest BCUT2D eigenvalue weighted by Gasteiger charge is 2.15. The minimum Gasteiger partial charge on any atom is -0.493 e. The Morgan fingerprint density at radius 2 is 1.86 bits per heavy atom. The van der Waals surface area contributed by atoms with E-state index in [0.717, 1.165) is 0 Å². The molecule has 0 atom stereocenters. The molecule has 0 unspecified atom stereocenters. The number of benzene rings is 2. The van der Waals surface area contributed by atoms with Crippen LogP contribution in [0, 0.1) is 11.3 Å². The predicted octanol–water partition coefficient (Wildman–Crippen LogP) is 3.48. The van der Waals surface area contributed by atoms with E-state index in [4.69, 9.17) is 26.3 Å². The lowest BCUT2D eigenvalue weighted by Gasteiger charge is -2.12. The van der Waals surface area contributed by atoms with Gasteiger partial charge in [0.2, 0.25) is 0 Å². The van der Waals surface area contributed by atoms with Crippen LogP contribution in [0.25, 0.3) is 0 Å². The molecule has 112 valence electrons. The normalized spacial score (nSPS) is 9.73. The van der Waals surface area contributed by atoms with Gasteiger partial charge in [-0.3, -0.25) is 4.79 Å². The van der Waals surface area contributed by atoms with Crippen LogP contribution in [0.5, 0.6) is 11.5 Å². The minimum absolute atomic E-state index is 0.284. The molecule has 0 aliphatic carbocycles. The monoisotopic (exact) mass is 316 g/mol. The number of carbonyl (C=O) groups excluding carboxylic acids is 1. The molecule has 0 heterocycles. The molecule has 2 rings (SSSR count). The summed E-state index contributed by atoms with van der Waals surface area (Å²) in [6, 6.07) is 11.6. The molecular weight excluding hydrogens is 304 g/mol. The molecule has 2 aromatic rings. The highest BCUT2D eigenvalue weighted by molar-refractivity contribution is 6.32. The van der Waals surface area contributed by atoms with E-state index in [1.54, 1.807) is 30.3 Å². The number of methoxy groups -OCH3 is 2. The van der Waals surface area contributed by atoms with Crippen molar-refractivity contribution in [3.63, 3.8) is 0 Å². The molecule has 0 spiro atoms. The summed E-state index contributed by atoms with van der Waals surface area (Å²) in [5.41, 5.74) is 1.44. The fraction of sp³-hybridized carbons (Fsp3) is 0.125. The number of carbonyl (C=O) groups is 1. The van der Waals surface area contributed by atoms with Crippen molar-refractivity contribution in [2.24, 2.45) is 0 Å². The van der Waals surface area contributed by atoms with Gasteiger partial charge in [-0.05, 0) is 36.4 Å². The third-order valence-electron chi connectivity index (χ3n) is 2.97. The Balaban J connectivity index is 2.25. The Kier molecular flexibility index (Phi) is 4.87. The number of nitrogens with zero attached hydrogens (tertiary/aromatic N) is 1. The Labute approximate surface area is 133 Å². The van der Waals surface area contributed by atoms with Gasteiger partial charge < -0.3 is 14.8 Å². The Bertz CT molecular complexity index is 736. The maximum Gasteiger partial charge on any atom is 0.255 e. The zero-order valence-corrected chi connectivity index (χ0v) is 12.8. The van der Waals surface area contributed by atoms with Gasteiger partial charge in [0, 0.05) is 11.3 Å². The number of nitriles is 1. The summed E-state index contributed by atoms with van der Waals surface area (Å²) in [6.45, 7) is 0. The van der Waals surface area contributed by atoms with E-state index in [1.807, 2.05) is 6.07 Å². The number of rotatable bonds is 4. The van der Waals surface area contributed by atoms with E-state index in [2.05, 4.69) is 5.32 Å². The standard InChI is InChI=1S/C16H13ClN2O3/c1-21-14-8-11(7-13(17)15(14)22-2)16(20)19-12-5-3-10(9-18)4-6-12/h3-8H,1-2H3,(H,19,20). The number of halogens is 1. The van der Waals surface area contributed by atoms with Crippen molar-refractivity contribution >= 4 is 23.2 Å². The van der Waals surface area contributed by atoms with Gasteiger partial charge in [0.1, 0.15) is 0 Å². The molecule has 5 nitrogen and oxygen atoms in total. The molecule has 1 N–H and O–H groups in total. The molecule has 0 saturated heterocycles. The van der Waals surface area contributed by atoms with Gasteiger partial charge in [0.15, 0.2) is 11.5 Å². The third-order valence-corrected chi connectivity index (χ3v) is 3.25. The van der Waals surface area contributed by atoms with Gasteiger partial charge in [-0.15, -0.1) is 0 Å². The first-order valence-electron chi connectivity index (χ1n) is 6.32. The first-order valence-corrected chi connectivity index (χ1v) is 6.70. The minimum atomic E-state index is -0.340. The molecule has 0 bridgehead atoms. The Hall–Kier alpha value is -2.71. The van der Waals surface area contributed by atoms with Crippen LogP contribution in [-0.2, 0) is 0 Å². The van der Waals surface area contributed by atoms with Crippen LogP contribution in [0.15, 0.2) is 36.4 Å². The maximum absolute atomic E-state index is 12.3. The lowest BCUT2D eigenvalue weighted by molar-refractivity contribution is 0.102. The second kappa shape index (κ2) is 6.83. The van der Waals surface area contributed by atoms with Crippen molar-refractivity contribution in [1.29, 1.82) is 5.26 Å². The van der Waals surface area contributed by atoms with Crippen molar-refractivity contribution in [2.75, 3.05) is 19.5 Å². The lowest BCUT2D eigenvalue weighted by Crippen LogP contribution is -2.12. The fourth-order valence-electron chi connectivity index (χ4n) is 1.88. The highest BCUT2D eigenvalue weighted by atomic mass is 35.5. The number of hydrogen-bond donors (Lipinski definition) is 1. The van der Waals surface area contributed by atoms with Crippen LogP contribution >= 0.6 is 11.6 Å². The largest absolute Gasteiger partial charge is 0.493 e. The van der Waals surface area contributed by atoms with Gasteiger partial charge in [-0.2, -0.15) is 5.26 Å². The summed E-state index contributed by atoms with van der Waals surface area (Å²) in [4.78, 5) is 12.3. The number of hydrogen-bond acceptors (Lipinski definition) is 4. The van der Waals surface area contributed by atoms with E-state index in [1.165, 1.54) is 20.3 Å². The van der Waals surface area contributed by atoms with Crippen molar-refractivity contribution in [3.8, 4) is 17.6 Å². The lowest BCUT2D eigenvalue weighted by atomic mass is 10.1. The maximum atomic E-state index is 12.3. The van der Waals surface area contributed by atoms with Gasteiger partial charge in [-0.1, -0.05) is 11.6 Å². The van der Waals surface area contributed by atoms with Crippen LogP contribution in [0.4, 0.5) is 5.69 Å². The second-order valence-corrected chi connectivity index (χ2v) is 4.74. The molecule has 2 aromatic carbocycles. The number of ether oxygens (including phenoxy) is 2. The van der Waals surface area contributed by atoms with E-state index in [9.17, 15) is 4.79 Å². The van der Waals surface area contributed by atoms with Gasteiger partial charge in [0.05, 0.1) is 30.9 Å². The molecule has 22 heavy (non-hydrogen) atoms. The van der Waals surface area contributed by atoms with Crippen LogP contribution in [0.3, 0.4) is 0 Å². The van der Waals surface area contributed by atoms with E-state index >= 15 is 0 Å². The Morgan fingerprint density at radius 1 is 1.18 bits per heavy atom. The highest BCUT2D eigenvalue weighted by Crippen LogP contribution is 2.36. The summed E-state index contributed by atoms with van der Waals surface area (Å²) in [5, 5.41) is 11.8. The van der Waals surface area contributed by atoms with Crippen molar-refractivity contribution in [1.82, 2.24) is 0 Å². The van der Waals surface area contributed by atoms with Crippen molar-refractivity contribution in [3.05, 3.63) is 52.5 Å². The van der Waals surface area contributed by atoms with E-state index in [0.29, 0.717) is 28.3 Å². The SMILES string of the molecule is COc1cc(C(=O)Nc2ccc(C#N)cc2)cc(Cl)c1OC. The predicted molar refractivity (Wildman–Crippen MR) is 83.7 cm³/mol. The fourth-order valence-corrected chi connectivity index (χ4v) is 2.17. The summed E-state index contributed by atoms with van der Waals surface area (Å²) in [5.74, 6) is 0.409. The van der Waals surface area contributed by atoms with Gasteiger partial charge in [-0.25, -0.2) is 0 Å². The van der Waals surface area contributed by atoms with E-state index < -0.39 is 0 Å². The van der Waals surface area contributed by atoms with Crippen LogP contribution in [0.1, 0.15) is 15.9 Å². The number of nitrogens with one attached hydrogen (secondary N) is 1. The molecule has 6 heteroatoms. The van der Waals surface area contributed by atoms with Crippen molar-refractivity contribution in [2.45, 2.75) is 0 Å². The molecule has 0 aliphatic rings. The number of anilines is 1. The molecule has 1 amide bonds. The summed E-state index contributed by atoms with van der Waals surface area (Å²) in [7, 11) is 2.94. The second-order valence-electron chi connectivity index (χ2n) is 4.34. The van der Waals surface area contributed by atoms with Gasteiger partial charge in [0.25, 0.3) is 5.91 Å². The number of amides is 1. The van der Waals surface area contributed by atoms with Crippen LogP contribution in [0.2, 0.25) is 5.02 Å². The quantitative estimate of drug-likeness (QED) is 0.937. The average molecular weight is 317 g/mol. The molecular formula is C16H13ClN2O3. The zero-order chi connectivity index (χ0) is 16.1. The first-order chi connectivity index (χ1) is 10.6. The topological polar surface area (TPSA) is 71.3 Å².